The Kier molecular flexibility index (Phi) is 6.25. The van der Waals surface area contributed by atoms with Crippen LogP contribution in [-0.2, 0) is 9.59 Å². The first-order valence-corrected chi connectivity index (χ1v) is 6.70. The summed E-state index contributed by atoms with van der Waals surface area (Å²) in [5, 5.41) is 9.42. The average Bonchev–Trinajstić information content (AvgIpc) is 2.34. The van der Waals surface area contributed by atoms with E-state index in [4.69, 9.17) is 16.7 Å². The maximum atomic E-state index is 12.0. The van der Waals surface area contributed by atoms with E-state index in [-0.39, 0.29) is 18.4 Å². The number of nitrogens with zero attached hydrogens (tertiary/aromatic N) is 1. The first kappa shape index (κ1) is 16.2. The first-order chi connectivity index (χ1) is 9.38. The molecule has 0 radical (unpaired) electrons. The van der Waals surface area contributed by atoms with E-state index >= 15 is 0 Å². The summed E-state index contributed by atoms with van der Waals surface area (Å²) in [6.07, 6.45) is 3.00. The Labute approximate surface area is 123 Å². The zero-order valence-electron chi connectivity index (χ0n) is 11.5. The second kappa shape index (κ2) is 7.70. The highest BCUT2D eigenvalue weighted by molar-refractivity contribution is 6.30. The summed E-state index contributed by atoms with van der Waals surface area (Å²) in [7, 11) is 0. The predicted octanol–water partition coefficient (Wildman–Crippen LogP) is 2.92. The molecule has 0 atom stereocenters. The molecule has 1 rings (SSSR count). The van der Waals surface area contributed by atoms with Gasteiger partial charge in [-0.15, -0.1) is 0 Å². The lowest BCUT2D eigenvalue weighted by Crippen LogP contribution is -2.37. The molecule has 0 spiro atoms. The van der Waals surface area contributed by atoms with Gasteiger partial charge in [-0.25, -0.2) is 0 Å². The van der Waals surface area contributed by atoms with Crippen LogP contribution in [0, 0.1) is 5.92 Å². The first-order valence-electron chi connectivity index (χ1n) is 6.33. The topological polar surface area (TPSA) is 57.6 Å². The van der Waals surface area contributed by atoms with Crippen LogP contribution in [0.15, 0.2) is 30.3 Å². The van der Waals surface area contributed by atoms with Crippen LogP contribution in [0.5, 0.6) is 0 Å². The Morgan fingerprint density at radius 1 is 1.40 bits per heavy atom. The van der Waals surface area contributed by atoms with Gasteiger partial charge in [0.25, 0.3) is 0 Å². The number of aliphatic carboxylic acids is 1. The van der Waals surface area contributed by atoms with Crippen LogP contribution in [-0.4, -0.2) is 35.0 Å². The number of benzene rings is 1. The van der Waals surface area contributed by atoms with Crippen molar-refractivity contribution in [3.8, 4) is 0 Å². The maximum Gasteiger partial charge on any atom is 0.323 e. The van der Waals surface area contributed by atoms with Crippen molar-refractivity contribution in [2.24, 2.45) is 5.92 Å². The number of hydrogen-bond donors (Lipinski definition) is 1. The van der Waals surface area contributed by atoms with Gasteiger partial charge in [0.05, 0.1) is 0 Å². The van der Waals surface area contributed by atoms with Gasteiger partial charge >= 0.3 is 5.97 Å². The fourth-order valence-electron chi connectivity index (χ4n) is 1.72. The van der Waals surface area contributed by atoms with Crippen molar-refractivity contribution in [2.75, 3.05) is 13.1 Å². The molecule has 20 heavy (non-hydrogen) atoms. The van der Waals surface area contributed by atoms with Crippen molar-refractivity contribution in [1.82, 2.24) is 4.90 Å². The maximum absolute atomic E-state index is 12.0. The molecule has 0 aliphatic rings. The standard InChI is InChI=1S/C15H18ClNO3/c1-11(2)9-17(10-15(19)20)14(18)7-6-12-4-3-5-13(16)8-12/h3-8,11H,9-10H2,1-2H3,(H,19,20). The normalized spacial score (nSPS) is 11.0. The lowest BCUT2D eigenvalue weighted by atomic mass is 10.2. The zero-order valence-corrected chi connectivity index (χ0v) is 12.3. The van der Waals surface area contributed by atoms with Gasteiger partial charge in [-0.1, -0.05) is 37.6 Å². The summed E-state index contributed by atoms with van der Waals surface area (Å²) in [6.45, 7) is 3.98. The highest BCUT2D eigenvalue weighted by atomic mass is 35.5. The Morgan fingerprint density at radius 2 is 2.10 bits per heavy atom. The molecule has 0 fully saturated rings. The van der Waals surface area contributed by atoms with Crippen LogP contribution in [0.2, 0.25) is 5.02 Å². The monoisotopic (exact) mass is 295 g/mol. The number of carboxylic acid groups (broad SMARTS) is 1. The van der Waals surface area contributed by atoms with Crippen molar-refractivity contribution in [3.05, 3.63) is 40.9 Å². The summed E-state index contributed by atoms with van der Waals surface area (Å²) in [5.74, 6) is -1.13. The third kappa shape index (κ3) is 5.89. The molecule has 0 saturated heterocycles. The Hall–Kier alpha value is -1.81. The van der Waals surface area contributed by atoms with Gasteiger partial charge < -0.3 is 10.0 Å². The van der Waals surface area contributed by atoms with Gasteiger partial charge in [0, 0.05) is 17.6 Å². The van der Waals surface area contributed by atoms with Crippen molar-refractivity contribution in [2.45, 2.75) is 13.8 Å². The van der Waals surface area contributed by atoms with Crippen LogP contribution >= 0.6 is 11.6 Å². The predicted molar refractivity (Wildman–Crippen MR) is 79.5 cm³/mol. The van der Waals surface area contributed by atoms with Crippen LogP contribution in [0.1, 0.15) is 19.4 Å². The number of halogens is 1. The van der Waals surface area contributed by atoms with Crippen LogP contribution in [0.3, 0.4) is 0 Å². The summed E-state index contributed by atoms with van der Waals surface area (Å²) in [4.78, 5) is 24.1. The molecular formula is C15H18ClNO3. The van der Waals surface area contributed by atoms with Crippen LogP contribution in [0.25, 0.3) is 6.08 Å². The lowest BCUT2D eigenvalue weighted by Gasteiger charge is -2.21. The van der Waals surface area contributed by atoms with Gasteiger partial charge in [0.15, 0.2) is 0 Å². The number of rotatable bonds is 6. The van der Waals surface area contributed by atoms with Crippen molar-refractivity contribution >= 4 is 29.6 Å². The molecule has 108 valence electrons. The highest BCUT2D eigenvalue weighted by Crippen LogP contribution is 2.12. The molecule has 1 aromatic rings. The quantitative estimate of drug-likeness (QED) is 0.821. The lowest BCUT2D eigenvalue weighted by molar-refractivity contribution is -0.143. The Morgan fingerprint density at radius 3 is 2.65 bits per heavy atom. The molecule has 0 aromatic heterocycles. The second-order valence-electron chi connectivity index (χ2n) is 4.89. The van der Waals surface area contributed by atoms with Crippen molar-refractivity contribution in [3.63, 3.8) is 0 Å². The van der Waals surface area contributed by atoms with Gasteiger partial charge in [0.2, 0.25) is 5.91 Å². The molecule has 4 nitrogen and oxygen atoms in total. The van der Waals surface area contributed by atoms with Gasteiger partial charge in [-0.05, 0) is 29.7 Å². The number of carbonyl (C=O) groups is 2. The zero-order chi connectivity index (χ0) is 15.1. The van der Waals surface area contributed by atoms with Crippen LogP contribution < -0.4 is 0 Å². The van der Waals surface area contributed by atoms with E-state index in [9.17, 15) is 9.59 Å². The summed E-state index contributed by atoms with van der Waals surface area (Å²) < 4.78 is 0. The molecule has 1 N–H and O–H groups in total. The largest absolute Gasteiger partial charge is 0.480 e. The molecule has 1 aromatic carbocycles. The molecule has 0 aliphatic carbocycles. The van der Waals surface area contributed by atoms with Gasteiger partial charge in [-0.3, -0.25) is 9.59 Å². The fraction of sp³-hybridized carbons (Fsp3) is 0.333. The minimum atomic E-state index is -1.02. The van der Waals surface area contributed by atoms with Crippen molar-refractivity contribution in [1.29, 1.82) is 0 Å². The average molecular weight is 296 g/mol. The smallest absolute Gasteiger partial charge is 0.323 e. The van der Waals surface area contributed by atoms with Gasteiger partial charge in [-0.2, -0.15) is 0 Å². The fourth-order valence-corrected chi connectivity index (χ4v) is 1.92. The minimum Gasteiger partial charge on any atom is -0.480 e. The molecule has 0 bridgehead atoms. The van der Waals surface area contributed by atoms with Crippen molar-refractivity contribution < 1.29 is 14.7 Å². The number of hydrogen-bond acceptors (Lipinski definition) is 2. The number of amides is 1. The molecule has 1 amide bonds. The Balaban J connectivity index is 2.76. The molecule has 0 aliphatic heterocycles. The van der Waals surface area contributed by atoms with E-state index in [1.807, 2.05) is 19.9 Å². The second-order valence-corrected chi connectivity index (χ2v) is 5.33. The third-order valence-corrected chi connectivity index (χ3v) is 2.73. The van der Waals surface area contributed by atoms with E-state index in [0.717, 1.165) is 5.56 Å². The molecule has 5 heteroatoms. The van der Waals surface area contributed by atoms with E-state index in [0.29, 0.717) is 11.6 Å². The molecule has 0 unspecified atom stereocenters. The number of carboxylic acids is 1. The molecular weight excluding hydrogens is 278 g/mol. The summed E-state index contributed by atoms with van der Waals surface area (Å²) >= 11 is 5.85. The molecule has 0 saturated carbocycles. The minimum absolute atomic E-state index is 0.206. The van der Waals surface area contributed by atoms with E-state index in [2.05, 4.69) is 0 Å². The third-order valence-electron chi connectivity index (χ3n) is 2.49. The van der Waals surface area contributed by atoms with Crippen LogP contribution in [0.4, 0.5) is 0 Å². The van der Waals surface area contributed by atoms with E-state index in [1.54, 1.807) is 24.3 Å². The Bertz CT molecular complexity index is 512. The number of carbonyl (C=O) groups excluding carboxylic acids is 1. The highest BCUT2D eigenvalue weighted by Gasteiger charge is 2.15. The summed E-state index contributed by atoms with van der Waals surface area (Å²) in [5.41, 5.74) is 0.797. The SMILES string of the molecule is CC(C)CN(CC(=O)O)C(=O)C=Cc1cccc(Cl)c1. The molecule has 0 heterocycles. The summed E-state index contributed by atoms with van der Waals surface area (Å²) in [6, 6.07) is 7.08. The van der Waals surface area contributed by atoms with E-state index < -0.39 is 5.97 Å². The van der Waals surface area contributed by atoms with Gasteiger partial charge in [0.1, 0.15) is 6.54 Å². The van der Waals surface area contributed by atoms with E-state index in [1.165, 1.54) is 11.0 Å².